The van der Waals surface area contributed by atoms with E-state index in [0.29, 0.717) is 0 Å². The molecule has 2 saturated heterocycles. The molecule has 2 heteroatoms. The molecule has 2 spiro atoms. The van der Waals surface area contributed by atoms with Crippen molar-refractivity contribution in [1.82, 2.24) is 9.80 Å². The van der Waals surface area contributed by atoms with Crippen molar-refractivity contribution < 1.29 is 0 Å². The molecular formula is C17H30N2. The van der Waals surface area contributed by atoms with Crippen molar-refractivity contribution in [3.63, 3.8) is 0 Å². The van der Waals surface area contributed by atoms with E-state index in [0.717, 1.165) is 28.6 Å². The molecule has 0 amide bonds. The Morgan fingerprint density at radius 1 is 0.947 bits per heavy atom. The van der Waals surface area contributed by atoms with Crippen LogP contribution in [0.1, 0.15) is 39.5 Å². The summed E-state index contributed by atoms with van der Waals surface area (Å²) in [5.41, 5.74) is 1.56. The Hall–Kier alpha value is -0.0800. The molecule has 2 aliphatic heterocycles. The highest BCUT2D eigenvalue weighted by atomic mass is 15.2. The van der Waals surface area contributed by atoms with Gasteiger partial charge in [-0.15, -0.1) is 0 Å². The molecule has 0 N–H and O–H groups in total. The van der Waals surface area contributed by atoms with Crippen LogP contribution < -0.4 is 0 Å². The minimum absolute atomic E-state index is 0.779. The fourth-order valence-electron chi connectivity index (χ4n) is 5.83. The third-order valence-corrected chi connectivity index (χ3v) is 6.62. The van der Waals surface area contributed by atoms with Gasteiger partial charge in [-0.3, -0.25) is 0 Å². The molecule has 0 bridgehead atoms. The van der Waals surface area contributed by atoms with Gasteiger partial charge in [0.15, 0.2) is 0 Å². The average Bonchev–Trinajstić information content (AvgIpc) is 2.12. The van der Waals surface area contributed by atoms with Gasteiger partial charge in [-0.2, -0.15) is 0 Å². The predicted octanol–water partition coefficient (Wildman–Crippen LogP) is 2.70. The highest BCUT2D eigenvalue weighted by molar-refractivity contribution is 5.08. The van der Waals surface area contributed by atoms with Gasteiger partial charge in [0.05, 0.1) is 0 Å². The van der Waals surface area contributed by atoms with Gasteiger partial charge in [0.25, 0.3) is 0 Å². The van der Waals surface area contributed by atoms with E-state index in [2.05, 4.69) is 30.7 Å². The van der Waals surface area contributed by atoms with Crippen LogP contribution in [0.25, 0.3) is 0 Å². The zero-order valence-corrected chi connectivity index (χ0v) is 13.0. The summed E-state index contributed by atoms with van der Waals surface area (Å²) in [5, 5.41) is 0. The summed E-state index contributed by atoms with van der Waals surface area (Å²) in [7, 11) is 2.26. The Kier molecular flexibility index (Phi) is 2.65. The molecule has 4 fully saturated rings. The molecule has 2 heterocycles. The van der Waals surface area contributed by atoms with Crippen molar-refractivity contribution in [2.45, 2.75) is 39.5 Å². The Bertz CT molecular complexity index is 347. The van der Waals surface area contributed by atoms with E-state index >= 15 is 0 Å². The van der Waals surface area contributed by atoms with Crippen molar-refractivity contribution in [1.29, 1.82) is 0 Å². The largest absolute Gasteiger partial charge is 0.305 e. The van der Waals surface area contributed by atoms with E-state index in [1.54, 1.807) is 0 Å². The minimum Gasteiger partial charge on any atom is -0.305 e. The van der Waals surface area contributed by atoms with Crippen LogP contribution >= 0.6 is 0 Å². The first-order chi connectivity index (χ1) is 8.98. The molecule has 0 aromatic rings. The van der Waals surface area contributed by atoms with Gasteiger partial charge in [-0.1, -0.05) is 13.8 Å². The highest BCUT2D eigenvalue weighted by Crippen LogP contribution is 2.56. The third kappa shape index (κ3) is 1.98. The Labute approximate surface area is 118 Å². The van der Waals surface area contributed by atoms with Crippen molar-refractivity contribution in [2.75, 3.05) is 39.8 Å². The van der Waals surface area contributed by atoms with Gasteiger partial charge < -0.3 is 9.80 Å². The summed E-state index contributed by atoms with van der Waals surface area (Å²) in [4.78, 5) is 5.24. The first-order valence-corrected chi connectivity index (χ1v) is 8.39. The molecule has 2 saturated carbocycles. The van der Waals surface area contributed by atoms with Gasteiger partial charge >= 0.3 is 0 Å². The summed E-state index contributed by atoms with van der Waals surface area (Å²) >= 11 is 0. The molecule has 4 rings (SSSR count). The lowest BCUT2D eigenvalue weighted by atomic mass is 9.54. The van der Waals surface area contributed by atoms with Crippen LogP contribution in [0.15, 0.2) is 0 Å². The van der Waals surface area contributed by atoms with Crippen molar-refractivity contribution in [2.24, 2.45) is 28.6 Å². The molecular weight excluding hydrogens is 232 g/mol. The maximum Gasteiger partial charge on any atom is 0.00508 e. The maximum absolute atomic E-state index is 2.76. The fourth-order valence-corrected chi connectivity index (χ4v) is 5.83. The summed E-state index contributed by atoms with van der Waals surface area (Å²) in [6, 6.07) is 0. The molecule has 0 aromatic heterocycles. The number of nitrogens with zero attached hydrogens (tertiary/aromatic N) is 2. The number of rotatable bonds is 3. The molecule has 0 unspecified atom stereocenters. The smallest absolute Gasteiger partial charge is 0.00508 e. The standard InChI is InChI=1S/C17H30N2/c1-13(2)15-6-17(7-15)11-19(12-17)8-14-4-16(5-14)9-18(3)10-16/h13-15H,4-12H2,1-3H3. The Morgan fingerprint density at radius 3 is 2.05 bits per heavy atom. The lowest BCUT2D eigenvalue weighted by molar-refractivity contribution is -0.137. The molecule has 0 radical (unpaired) electrons. The third-order valence-electron chi connectivity index (χ3n) is 6.62. The maximum atomic E-state index is 2.76. The second-order valence-corrected chi connectivity index (χ2v) is 9.03. The van der Waals surface area contributed by atoms with Crippen LogP contribution in [0.5, 0.6) is 0 Å². The van der Waals surface area contributed by atoms with Crippen LogP contribution in [0.2, 0.25) is 0 Å². The Balaban J connectivity index is 1.16. The summed E-state index contributed by atoms with van der Waals surface area (Å²) in [5.74, 6) is 2.99. The molecule has 19 heavy (non-hydrogen) atoms. The van der Waals surface area contributed by atoms with Crippen molar-refractivity contribution >= 4 is 0 Å². The van der Waals surface area contributed by atoms with Gasteiger partial charge in [0.1, 0.15) is 0 Å². The second-order valence-electron chi connectivity index (χ2n) is 9.03. The molecule has 4 aliphatic rings. The Morgan fingerprint density at radius 2 is 1.53 bits per heavy atom. The van der Waals surface area contributed by atoms with Gasteiger partial charge in [0, 0.05) is 32.7 Å². The molecule has 0 aromatic carbocycles. The van der Waals surface area contributed by atoms with Crippen molar-refractivity contribution in [3.8, 4) is 0 Å². The fraction of sp³-hybridized carbons (Fsp3) is 1.00. The summed E-state index contributed by atoms with van der Waals surface area (Å²) < 4.78 is 0. The zero-order valence-electron chi connectivity index (χ0n) is 13.0. The van der Waals surface area contributed by atoms with Crippen LogP contribution in [-0.4, -0.2) is 49.6 Å². The normalized spacial score (nSPS) is 36.9. The summed E-state index contributed by atoms with van der Waals surface area (Å²) in [6.45, 7) is 11.8. The lowest BCUT2D eigenvalue weighted by Crippen LogP contribution is -2.66. The van der Waals surface area contributed by atoms with E-state index in [-0.39, 0.29) is 0 Å². The average molecular weight is 262 g/mol. The van der Waals surface area contributed by atoms with Gasteiger partial charge in [-0.25, -0.2) is 0 Å². The SMILES string of the molecule is CC(C)C1CC2(C1)CN(CC1CC3(C1)CN(C)C3)C2. The van der Waals surface area contributed by atoms with E-state index in [4.69, 9.17) is 0 Å². The zero-order chi connectivity index (χ0) is 13.3. The highest BCUT2D eigenvalue weighted by Gasteiger charge is 2.55. The number of hydrogen-bond donors (Lipinski definition) is 0. The van der Waals surface area contributed by atoms with Crippen molar-refractivity contribution in [3.05, 3.63) is 0 Å². The lowest BCUT2D eigenvalue weighted by Gasteiger charge is -2.63. The summed E-state index contributed by atoms with van der Waals surface area (Å²) in [6.07, 6.45) is 6.10. The van der Waals surface area contributed by atoms with Gasteiger partial charge in [-0.05, 0) is 61.3 Å². The minimum atomic E-state index is 0.779. The molecule has 0 atom stereocenters. The van der Waals surface area contributed by atoms with E-state index in [1.807, 2.05) is 0 Å². The molecule has 2 aliphatic carbocycles. The van der Waals surface area contributed by atoms with Crippen LogP contribution in [0, 0.1) is 28.6 Å². The number of hydrogen-bond acceptors (Lipinski definition) is 2. The second kappa shape index (κ2) is 3.98. The van der Waals surface area contributed by atoms with E-state index in [9.17, 15) is 0 Å². The van der Waals surface area contributed by atoms with Gasteiger partial charge in [0.2, 0.25) is 0 Å². The molecule has 108 valence electrons. The number of likely N-dealkylation sites (tertiary alicyclic amines) is 2. The predicted molar refractivity (Wildman–Crippen MR) is 79.1 cm³/mol. The first-order valence-electron chi connectivity index (χ1n) is 8.39. The van der Waals surface area contributed by atoms with Crippen LogP contribution in [0.4, 0.5) is 0 Å². The first kappa shape index (κ1) is 12.6. The van der Waals surface area contributed by atoms with Crippen LogP contribution in [0.3, 0.4) is 0 Å². The monoisotopic (exact) mass is 262 g/mol. The van der Waals surface area contributed by atoms with E-state index in [1.165, 1.54) is 58.4 Å². The van der Waals surface area contributed by atoms with E-state index < -0.39 is 0 Å². The quantitative estimate of drug-likeness (QED) is 0.771. The van der Waals surface area contributed by atoms with Crippen LogP contribution in [-0.2, 0) is 0 Å². The molecule has 2 nitrogen and oxygen atoms in total. The topological polar surface area (TPSA) is 6.48 Å².